The minimum Gasteiger partial charge on any atom is -0.480 e. The lowest BCUT2D eigenvalue weighted by Crippen LogP contribution is -2.39. The summed E-state index contributed by atoms with van der Waals surface area (Å²) in [5.74, 6) is -2.67. The van der Waals surface area contributed by atoms with Crippen LogP contribution in [-0.4, -0.2) is 22.2 Å². The van der Waals surface area contributed by atoms with Crippen LogP contribution in [0.4, 0.5) is 0 Å². The number of rotatable bonds is 9. The van der Waals surface area contributed by atoms with Gasteiger partial charge in [-0.25, -0.2) is 0 Å². The summed E-state index contributed by atoms with van der Waals surface area (Å²) in [6, 6.07) is 1.81. The summed E-state index contributed by atoms with van der Waals surface area (Å²) < 4.78 is 0. The molecule has 0 aliphatic heterocycles. The molecule has 0 rings (SSSR count). The van der Waals surface area contributed by atoms with Gasteiger partial charge in [0.2, 0.25) is 0 Å². The molecule has 0 aromatic rings. The molecule has 0 bridgehead atoms. The second-order valence-corrected chi connectivity index (χ2v) is 4.16. The molecular weight excluding hydrogens is 222 g/mol. The summed E-state index contributed by atoms with van der Waals surface area (Å²) >= 11 is 0. The molecule has 5 heteroatoms. The molecule has 0 saturated heterocycles. The molecule has 0 amide bonds. The zero-order chi connectivity index (χ0) is 13.3. The van der Waals surface area contributed by atoms with Crippen LogP contribution in [0.2, 0.25) is 0 Å². The largest absolute Gasteiger partial charge is 0.480 e. The highest BCUT2D eigenvalue weighted by Crippen LogP contribution is 2.31. The molecule has 0 saturated carbocycles. The van der Waals surface area contributed by atoms with Crippen molar-refractivity contribution >= 4 is 11.9 Å². The summed E-state index contributed by atoms with van der Waals surface area (Å²) in [6.07, 6.45) is 3.29. The van der Waals surface area contributed by atoms with Crippen LogP contribution >= 0.6 is 0 Å². The molecule has 0 aliphatic carbocycles. The number of carbonyl (C=O) groups is 2. The molecule has 0 radical (unpaired) electrons. The number of nitriles is 1. The van der Waals surface area contributed by atoms with Crippen molar-refractivity contribution in [1.29, 1.82) is 5.26 Å². The third-order valence-electron chi connectivity index (χ3n) is 2.94. The Kier molecular flexibility index (Phi) is 6.95. The Morgan fingerprint density at radius 3 is 2.12 bits per heavy atom. The van der Waals surface area contributed by atoms with Gasteiger partial charge in [0.1, 0.15) is 0 Å². The first-order valence-electron chi connectivity index (χ1n) is 5.85. The van der Waals surface area contributed by atoms with Crippen LogP contribution in [0.1, 0.15) is 51.9 Å². The Morgan fingerprint density at radius 1 is 1.12 bits per heavy atom. The van der Waals surface area contributed by atoms with Crippen molar-refractivity contribution < 1.29 is 19.8 Å². The van der Waals surface area contributed by atoms with Gasteiger partial charge in [-0.15, -0.1) is 0 Å². The minimum absolute atomic E-state index is 0.0492. The number of carboxylic acid groups (broad SMARTS) is 2. The molecule has 0 heterocycles. The van der Waals surface area contributed by atoms with E-state index in [1.165, 1.54) is 0 Å². The summed E-state index contributed by atoms with van der Waals surface area (Å²) in [6.45, 7) is 2.03. The smallest absolute Gasteiger partial charge is 0.321 e. The fraction of sp³-hybridized carbons (Fsp3) is 0.750. The molecule has 0 aromatic carbocycles. The second kappa shape index (κ2) is 7.66. The topological polar surface area (TPSA) is 98.4 Å². The number of nitrogens with zero attached hydrogens (tertiary/aromatic N) is 1. The van der Waals surface area contributed by atoms with E-state index in [1.54, 1.807) is 0 Å². The Labute approximate surface area is 101 Å². The zero-order valence-electron chi connectivity index (χ0n) is 10.1. The van der Waals surface area contributed by atoms with Crippen molar-refractivity contribution in [3.8, 4) is 6.07 Å². The van der Waals surface area contributed by atoms with Gasteiger partial charge in [0.15, 0.2) is 5.41 Å². The van der Waals surface area contributed by atoms with E-state index < -0.39 is 17.4 Å². The van der Waals surface area contributed by atoms with Crippen LogP contribution < -0.4 is 0 Å². The average molecular weight is 241 g/mol. The van der Waals surface area contributed by atoms with E-state index in [2.05, 4.69) is 0 Å². The molecule has 0 unspecified atom stereocenters. The molecule has 0 fully saturated rings. The fourth-order valence-corrected chi connectivity index (χ4v) is 1.77. The number of unbranched alkanes of at least 4 members (excludes halogenated alkanes) is 3. The monoisotopic (exact) mass is 241 g/mol. The molecule has 0 atom stereocenters. The number of carboxylic acids is 2. The molecule has 0 aromatic heterocycles. The van der Waals surface area contributed by atoms with Crippen LogP contribution in [0.15, 0.2) is 0 Å². The SMILES string of the molecule is CCCCCCC(CCC#N)(C(=O)O)C(=O)O. The molecule has 17 heavy (non-hydrogen) atoms. The maximum Gasteiger partial charge on any atom is 0.321 e. The Bertz CT molecular complexity index is 292. The number of hydrogen-bond donors (Lipinski definition) is 2. The van der Waals surface area contributed by atoms with E-state index in [0.717, 1.165) is 19.3 Å². The molecule has 5 nitrogen and oxygen atoms in total. The predicted molar refractivity (Wildman–Crippen MR) is 61.3 cm³/mol. The fourth-order valence-electron chi connectivity index (χ4n) is 1.77. The van der Waals surface area contributed by atoms with Crippen molar-refractivity contribution in [3.63, 3.8) is 0 Å². The summed E-state index contributed by atoms with van der Waals surface area (Å²) in [7, 11) is 0. The predicted octanol–water partition coefficient (Wildman–Crippen LogP) is 2.42. The highest BCUT2D eigenvalue weighted by atomic mass is 16.4. The third kappa shape index (κ3) is 4.43. The van der Waals surface area contributed by atoms with Crippen LogP contribution in [-0.2, 0) is 9.59 Å². The first kappa shape index (κ1) is 15.4. The number of aliphatic carboxylic acids is 2. The molecule has 0 aliphatic rings. The quantitative estimate of drug-likeness (QED) is 0.477. The molecule has 0 spiro atoms. The maximum absolute atomic E-state index is 11.1. The van der Waals surface area contributed by atoms with E-state index in [1.807, 2.05) is 13.0 Å². The van der Waals surface area contributed by atoms with E-state index >= 15 is 0 Å². The lowest BCUT2D eigenvalue weighted by molar-refractivity contribution is -0.165. The average Bonchev–Trinajstić information content (AvgIpc) is 2.27. The lowest BCUT2D eigenvalue weighted by Gasteiger charge is -2.23. The van der Waals surface area contributed by atoms with E-state index in [4.69, 9.17) is 15.5 Å². The third-order valence-corrected chi connectivity index (χ3v) is 2.94. The lowest BCUT2D eigenvalue weighted by atomic mass is 9.78. The van der Waals surface area contributed by atoms with Gasteiger partial charge in [0, 0.05) is 6.42 Å². The van der Waals surface area contributed by atoms with Crippen molar-refractivity contribution in [1.82, 2.24) is 0 Å². The van der Waals surface area contributed by atoms with Crippen molar-refractivity contribution in [2.24, 2.45) is 5.41 Å². The van der Waals surface area contributed by atoms with Gasteiger partial charge < -0.3 is 10.2 Å². The van der Waals surface area contributed by atoms with Gasteiger partial charge in [0.25, 0.3) is 0 Å². The first-order chi connectivity index (χ1) is 8.01. The Hall–Kier alpha value is -1.57. The van der Waals surface area contributed by atoms with Gasteiger partial charge in [-0.05, 0) is 12.8 Å². The van der Waals surface area contributed by atoms with Gasteiger partial charge in [0.05, 0.1) is 6.07 Å². The summed E-state index contributed by atoms with van der Waals surface area (Å²) in [4.78, 5) is 22.3. The second-order valence-electron chi connectivity index (χ2n) is 4.16. The van der Waals surface area contributed by atoms with Crippen molar-refractivity contribution in [2.45, 2.75) is 51.9 Å². The summed E-state index contributed by atoms with van der Waals surface area (Å²) in [5.41, 5.74) is -1.79. The zero-order valence-corrected chi connectivity index (χ0v) is 10.1. The van der Waals surface area contributed by atoms with Crippen LogP contribution in [0, 0.1) is 16.7 Å². The highest BCUT2D eigenvalue weighted by Gasteiger charge is 2.45. The minimum atomic E-state index is -1.79. The molecular formula is C12H19NO4. The Balaban J connectivity index is 4.63. The van der Waals surface area contributed by atoms with Gasteiger partial charge in [-0.2, -0.15) is 5.26 Å². The summed E-state index contributed by atoms with van der Waals surface area (Å²) in [5, 5.41) is 26.6. The maximum atomic E-state index is 11.1. The standard InChI is InChI=1S/C12H19NO4/c1-2-3-4-5-7-12(10(14)15,11(16)17)8-6-9-13/h2-8H2,1H3,(H,14,15)(H,16,17). The first-order valence-corrected chi connectivity index (χ1v) is 5.85. The van der Waals surface area contributed by atoms with Gasteiger partial charge >= 0.3 is 11.9 Å². The van der Waals surface area contributed by atoms with E-state index in [9.17, 15) is 9.59 Å². The molecule has 96 valence electrons. The van der Waals surface area contributed by atoms with Crippen molar-refractivity contribution in [3.05, 3.63) is 0 Å². The normalized spacial score (nSPS) is 10.8. The van der Waals surface area contributed by atoms with E-state index in [0.29, 0.717) is 6.42 Å². The van der Waals surface area contributed by atoms with Gasteiger partial charge in [-0.1, -0.05) is 32.6 Å². The van der Waals surface area contributed by atoms with E-state index in [-0.39, 0.29) is 19.3 Å². The highest BCUT2D eigenvalue weighted by molar-refractivity contribution is 5.98. The number of hydrogen-bond acceptors (Lipinski definition) is 3. The van der Waals surface area contributed by atoms with Crippen molar-refractivity contribution in [2.75, 3.05) is 0 Å². The Morgan fingerprint density at radius 2 is 1.71 bits per heavy atom. The van der Waals surface area contributed by atoms with Crippen LogP contribution in [0.25, 0.3) is 0 Å². The van der Waals surface area contributed by atoms with Crippen LogP contribution in [0.5, 0.6) is 0 Å². The van der Waals surface area contributed by atoms with Crippen LogP contribution in [0.3, 0.4) is 0 Å². The van der Waals surface area contributed by atoms with Gasteiger partial charge in [-0.3, -0.25) is 9.59 Å². The molecule has 2 N–H and O–H groups in total.